The number of hydrogen-bond donors (Lipinski definition) is 1. The molecule has 1 amide bonds. The molecule has 0 bridgehead atoms. The van der Waals surface area contributed by atoms with E-state index in [0.29, 0.717) is 0 Å². The minimum absolute atomic E-state index is 0.186. The Bertz CT molecular complexity index is 326. The second-order valence-corrected chi connectivity index (χ2v) is 5.49. The molecule has 1 unspecified atom stereocenters. The molecule has 1 rings (SSSR count). The van der Waals surface area contributed by atoms with Crippen molar-refractivity contribution in [2.24, 2.45) is 0 Å². The molecule has 0 spiro atoms. The Balaban J connectivity index is 2.84. The average molecular weight is 253 g/mol. The van der Waals surface area contributed by atoms with Crippen molar-refractivity contribution < 1.29 is 23.2 Å². The average Bonchev–Trinajstić information content (AvgIpc) is 2.26. The smallest absolute Gasteiger partial charge is 0.344 e. The van der Waals surface area contributed by atoms with Gasteiger partial charge in [-0.05, 0) is 34.1 Å². The van der Waals surface area contributed by atoms with Gasteiger partial charge in [0.05, 0.1) is 11.6 Å². The summed E-state index contributed by atoms with van der Waals surface area (Å²) >= 11 is 0. The molecule has 1 heterocycles. The van der Waals surface area contributed by atoms with E-state index < -0.39 is 29.2 Å². The van der Waals surface area contributed by atoms with Crippen molar-refractivity contribution in [3.8, 4) is 0 Å². The molecule has 1 aliphatic rings. The zero-order chi connectivity index (χ0) is 13.6. The molecule has 0 aromatic carbocycles. The van der Waals surface area contributed by atoms with E-state index in [9.17, 15) is 23.2 Å². The number of hydrogen-bond acceptors (Lipinski definition) is 2. The first-order valence-electron chi connectivity index (χ1n) is 5.24. The number of carbonyl (C=O) groups excluding carboxylic acids is 1. The standard InChI is InChI=1S/C10H16F3N2O2/c1-8(2)5-6(9(3,4)15(8)17)14-7(16)10(11,12)13/h6H,5H2,1-4H3,(H,14,16). The van der Waals surface area contributed by atoms with Gasteiger partial charge in [-0.25, -0.2) is 0 Å². The highest BCUT2D eigenvalue weighted by Gasteiger charge is 2.54. The van der Waals surface area contributed by atoms with Gasteiger partial charge in [-0.3, -0.25) is 4.79 Å². The van der Waals surface area contributed by atoms with Crippen LogP contribution in [0.5, 0.6) is 0 Å². The molecule has 1 aliphatic heterocycles. The molecule has 1 saturated heterocycles. The lowest BCUT2D eigenvalue weighted by Gasteiger charge is -2.33. The summed E-state index contributed by atoms with van der Waals surface area (Å²) in [6, 6.07) is -0.816. The van der Waals surface area contributed by atoms with Crippen LogP contribution >= 0.6 is 0 Å². The summed E-state index contributed by atoms with van der Waals surface area (Å²) < 4.78 is 36.4. The van der Waals surface area contributed by atoms with E-state index in [1.54, 1.807) is 13.8 Å². The fourth-order valence-electron chi connectivity index (χ4n) is 2.22. The Morgan fingerprint density at radius 2 is 1.76 bits per heavy atom. The van der Waals surface area contributed by atoms with E-state index in [-0.39, 0.29) is 6.42 Å². The summed E-state index contributed by atoms with van der Waals surface area (Å²) in [5.74, 6) is -2.00. The van der Waals surface area contributed by atoms with Crippen molar-refractivity contribution in [2.45, 2.75) is 57.4 Å². The molecule has 1 N–H and O–H groups in total. The van der Waals surface area contributed by atoms with Crippen molar-refractivity contribution in [1.82, 2.24) is 10.4 Å². The summed E-state index contributed by atoms with van der Waals surface area (Å²) in [4.78, 5) is 10.9. The normalized spacial score (nSPS) is 28.1. The summed E-state index contributed by atoms with van der Waals surface area (Å²) in [6.45, 7) is 6.33. The SMILES string of the molecule is CC1(C)CC(NC(=O)C(F)(F)F)C(C)(C)N1[O]. The molecule has 0 aliphatic carbocycles. The Morgan fingerprint density at radius 1 is 1.29 bits per heavy atom. The van der Waals surface area contributed by atoms with Crippen molar-refractivity contribution in [1.29, 1.82) is 0 Å². The van der Waals surface area contributed by atoms with E-state index in [1.807, 2.05) is 5.32 Å². The van der Waals surface area contributed by atoms with Crippen LogP contribution in [0.15, 0.2) is 0 Å². The Hall–Kier alpha value is -0.820. The first kappa shape index (κ1) is 14.2. The van der Waals surface area contributed by atoms with Gasteiger partial charge in [-0.2, -0.15) is 13.2 Å². The number of rotatable bonds is 1. The van der Waals surface area contributed by atoms with Crippen LogP contribution in [0.4, 0.5) is 13.2 Å². The second-order valence-electron chi connectivity index (χ2n) is 5.49. The second kappa shape index (κ2) is 3.84. The Labute approximate surface area is 97.7 Å². The van der Waals surface area contributed by atoms with Gasteiger partial charge in [0, 0.05) is 5.54 Å². The van der Waals surface area contributed by atoms with Crippen LogP contribution in [0.25, 0.3) is 0 Å². The number of nitrogens with zero attached hydrogens (tertiary/aromatic N) is 1. The van der Waals surface area contributed by atoms with E-state index >= 15 is 0 Å². The largest absolute Gasteiger partial charge is 0.471 e. The molecule has 1 radical (unpaired) electrons. The number of alkyl halides is 3. The Morgan fingerprint density at radius 3 is 2.06 bits per heavy atom. The maximum absolute atomic E-state index is 12.1. The Kier molecular flexibility index (Phi) is 3.22. The van der Waals surface area contributed by atoms with Crippen LogP contribution in [0.2, 0.25) is 0 Å². The highest BCUT2D eigenvalue weighted by molar-refractivity contribution is 5.82. The maximum atomic E-state index is 12.1. The molecule has 1 atom stereocenters. The van der Waals surface area contributed by atoms with Crippen LogP contribution in [0.3, 0.4) is 0 Å². The van der Waals surface area contributed by atoms with Crippen molar-refractivity contribution in [3.05, 3.63) is 0 Å². The first-order valence-corrected chi connectivity index (χ1v) is 5.24. The van der Waals surface area contributed by atoms with Gasteiger partial charge in [-0.1, -0.05) is 0 Å². The first-order chi connectivity index (χ1) is 7.39. The predicted molar refractivity (Wildman–Crippen MR) is 53.3 cm³/mol. The van der Waals surface area contributed by atoms with Crippen molar-refractivity contribution in [3.63, 3.8) is 0 Å². The number of hydroxylamine groups is 2. The van der Waals surface area contributed by atoms with Crippen LogP contribution < -0.4 is 5.32 Å². The minimum atomic E-state index is -4.92. The van der Waals surface area contributed by atoms with Crippen molar-refractivity contribution in [2.75, 3.05) is 0 Å². The van der Waals surface area contributed by atoms with Crippen molar-refractivity contribution >= 4 is 5.91 Å². The lowest BCUT2D eigenvalue weighted by atomic mass is 9.94. The molecule has 0 aromatic heterocycles. The monoisotopic (exact) mass is 253 g/mol. The summed E-state index contributed by atoms with van der Waals surface area (Å²) in [7, 11) is 0. The minimum Gasteiger partial charge on any atom is -0.344 e. The maximum Gasteiger partial charge on any atom is 0.471 e. The molecule has 7 heteroatoms. The molecule has 1 fully saturated rings. The highest BCUT2D eigenvalue weighted by Crippen LogP contribution is 2.39. The zero-order valence-corrected chi connectivity index (χ0v) is 10.2. The van der Waals surface area contributed by atoms with Gasteiger partial charge in [0.15, 0.2) is 0 Å². The van der Waals surface area contributed by atoms with Crippen LogP contribution in [0, 0.1) is 0 Å². The van der Waals surface area contributed by atoms with Gasteiger partial charge in [-0.15, -0.1) is 10.3 Å². The molecule has 4 nitrogen and oxygen atoms in total. The quantitative estimate of drug-likeness (QED) is 0.772. The van der Waals surface area contributed by atoms with E-state index in [2.05, 4.69) is 0 Å². The number of amides is 1. The number of carbonyl (C=O) groups is 1. The fraction of sp³-hybridized carbons (Fsp3) is 0.900. The van der Waals surface area contributed by atoms with Crippen LogP contribution in [0.1, 0.15) is 34.1 Å². The van der Waals surface area contributed by atoms with Crippen LogP contribution in [-0.4, -0.2) is 34.3 Å². The van der Waals surface area contributed by atoms with Gasteiger partial charge in [0.25, 0.3) is 0 Å². The highest BCUT2D eigenvalue weighted by atomic mass is 19.4. The third-order valence-electron chi connectivity index (χ3n) is 3.19. The zero-order valence-electron chi connectivity index (χ0n) is 10.2. The predicted octanol–water partition coefficient (Wildman–Crippen LogP) is 1.64. The fourth-order valence-corrected chi connectivity index (χ4v) is 2.22. The molecule has 99 valence electrons. The van der Waals surface area contributed by atoms with E-state index in [4.69, 9.17) is 0 Å². The van der Waals surface area contributed by atoms with Gasteiger partial charge in [0.1, 0.15) is 0 Å². The molecule has 17 heavy (non-hydrogen) atoms. The van der Waals surface area contributed by atoms with Crippen LogP contribution in [-0.2, 0) is 10.0 Å². The molecule has 0 aromatic rings. The third-order valence-corrected chi connectivity index (χ3v) is 3.19. The summed E-state index contributed by atoms with van der Waals surface area (Å²) in [5.41, 5.74) is -1.84. The number of nitrogens with one attached hydrogen (secondary N) is 1. The molecular weight excluding hydrogens is 237 g/mol. The van der Waals surface area contributed by atoms with Gasteiger partial charge < -0.3 is 5.32 Å². The lowest BCUT2D eigenvalue weighted by molar-refractivity contribution is -0.246. The summed E-state index contributed by atoms with van der Waals surface area (Å²) in [6.07, 6.45) is -4.73. The van der Waals surface area contributed by atoms with E-state index in [0.717, 1.165) is 5.06 Å². The third kappa shape index (κ3) is 2.55. The van der Waals surface area contributed by atoms with E-state index in [1.165, 1.54) is 13.8 Å². The van der Waals surface area contributed by atoms with Gasteiger partial charge >= 0.3 is 12.1 Å². The topological polar surface area (TPSA) is 52.2 Å². The number of halogens is 3. The molecule has 0 saturated carbocycles. The van der Waals surface area contributed by atoms with Gasteiger partial charge in [0.2, 0.25) is 0 Å². The summed E-state index contributed by atoms with van der Waals surface area (Å²) in [5, 5.41) is 14.5. The lowest BCUT2D eigenvalue weighted by Crippen LogP contribution is -2.54. The molecular formula is C10H16F3N2O2.